The Morgan fingerprint density at radius 2 is 1.92 bits per heavy atom. The smallest absolute Gasteiger partial charge is 0.324 e. The SMILES string of the molecule is C=C[C@@H]1C[C@]1(N)C(=O)N(C)[C@H](C(=O)N[C@H]1Cc2cc(O)cc(c2)-c2ccc3c(c2)c(c(-c2cccnc2[C@H](C)OC)n3CC)CC(C)(C)COC(=O)[C@@H]2CCCN(N2)C1=O)C(C)C. The second-order valence-corrected chi connectivity index (χ2v) is 18.7. The molecule has 3 aliphatic rings. The van der Waals surface area contributed by atoms with E-state index in [2.05, 4.69) is 60.9 Å². The van der Waals surface area contributed by atoms with Crippen LogP contribution >= 0.6 is 0 Å². The van der Waals surface area contributed by atoms with Crippen LogP contribution in [0.3, 0.4) is 0 Å². The molecule has 7 rings (SSSR count). The van der Waals surface area contributed by atoms with Gasteiger partial charge in [0, 0.05) is 67.7 Å². The lowest BCUT2D eigenvalue weighted by molar-refractivity contribution is -0.155. The third-order valence-corrected chi connectivity index (χ3v) is 13.1. The summed E-state index contributed by atoms with van der Waals surface area (Å²) in [6.07, 6.45) is 5.11. The largest absolute Gasteiger partial charge is 0.508 e. The molecule has 6 atom stereocenters. The van der Waals surface area contributed by atoms with Crippen molar-refractivity contribution >= 4 is 34.6 Å². The van der Waals surface area contributed by atoms with Gasteiger partial charge in [0.2, 0.25) is 11.8 Å². The number of pyridine rings is 1. The van der Waals surface area contributed by atoms with E-state index in [9.17, 15) is 24.3 Å². The average Bonchev–Trinajstić information content (AvgIpc) is 3.86. The summed E-state index contributed by atoms with van der Waals surface area (Å²) in [6.45, 7) is 16.8. The van der Waals surface area contributed by atoms with Gasteiger partial charge >= 0.3 is 5.97 Å². The summed E-state index contributed by atoms with van der Waals surface area (Å²) in [5.74, 6) is -2.37. The number of aromatic hydroxyl groups is 1. The number of hydrazine groups is 1. The molecule has 63 heavy (non-hydrogen) atoms. The summed E-state index contributed by atoms with van der Waals surface area (Å²) in [4.78, 5) is 62.8. The zero-order valence-electron chi connectivity index (χ0n) is 37.9. The number of nitrogens with two attached hydrogens (primary N) is 1. The van der Waals surface area contributed by atoms with Crippen molar-refractivity contribution in [2.45, 2.75) is 110 Å². The molecule has 3 amide bonds. The summed E-state index contributed by atoms with van der Waals surface area (Å²) < 4.78 is 14.2. The molecular formula is C49H63N7O7. The maximum Gasteiger partial charge on any atom is 0.324 e. The number of phenols is 1. The van der Waals surface area contributed by atoms with Gasteiger partial charge < -0.3 is 35.1 Å². The molecule has 4 aromatic rings. The van der Waals surface area contributed by atoms with E-state index in [1.807, 2.05) is 39.0 Å². The third kappa shape index (κ3) is 8.98. The predicted molar refractivity (Wildman–Crippen MR) is 242 cm³/mol. The van der Waals surface area contributed by atoms with Crippen LogP contribution in [-0.2, 0) is 48.0 Å². The Bertz CT molecular complexity index is 2430. The number of carbonyl (C=O) groups excluding carboxylic acids is 4. The van der Waals surface area contributed by atoms with Crippen molar-refractivity contribution in [3.8, 4) is 28.1 Å². The van der Waals surface area contributed by atoms with Gasteiger partial charge in [-0.05, 0) is 104 Å². The molecule has 5 N–H and O–H groups in total. The number of carbonyl (C=O) groups is 4. The molecular weight excluding hydrogens is 799 g/mol. The second-order valence-electron chi connectivity index (χ2n) is 18.7. The maximum atomic E-state index is 14.6. The highest BCUT2D eigenvalue weighted by Gasteiger charge is 2.57. The summed E-state index contributed by atoms with van der Waals surface area (Å²) in [6, 6.07) is 12.6. The first kappa shape index (κ1) is 45.5. The lowest BCUT2D eigenvalue weighted by Crippen LogP contribution is -2.62. The number of hydrogen-bond acceptors (Lipinski definition) is 10. The molecule has 4 heterocycles. The topological polar surface area (TPSA) is 181 Å². The fourth-order valence-corrected chi connectivity index (χ4v) is 9.55. The number of methoxy groups -OCH3 is 1. The van der Waals surface area contributed by atoms with Gasteiger partial charge in [-0.25, -0.2) is 5.43 Å². The van der Waals surface area contributed by atoms with Crippen LogP contribution in [0.5, 0.6) is 5.75 Å². The van der Waals surface area contributed by atoms with E-state index in [0.717, 1.165) is 44.5 Å². The van der Waals surface area contributed by atoms with Crippen molar-refractivity contribution < 1.29 is 33.8 Å². The van der Waals surface area contributed by atoms with Crippen LogP contribution in [0.4, 0.5) is 0 Å². The highest BCUT2D eigenvalue weighted by molar-refractivity contribution is 5.97. The Balaban J connectivity index is 1.34. The number of rotatable bonds is 10. The lowest BCUT2D eigenvalue weighted by atomic mass is 9.84. The molecule has 2 aromatic heterocycles. The standard InChI is InChI=1S/C49H63N7O7/c1-10-33-25-49(33,50)47(61)54(8)42(28(3)4)44(58)52-39-22-30-20-32(23-34(57)21-30)31-16-17-40-36(24-31)37(43(55(40)11-2)35-14-12-18-51-41(35)29(5)62-9)26-48(6,7)27-63-46(60)38-15-13-19-56(53-38)45(39)59/h10,12,14,16-18,20-21,23-24,28-29,33,38-39,42,53,57H,1,11,13,15,19,22,25-27,50H2,2-9H3,(H,52,58)/t29-,33+,38-,39-,42-,49+/m0/s1. The molecule has 2 fully saturated rings. The first-order valence-corrected chi connectivity index (χ1v) is 22.1. The minimum Gasteiger partial charge on any atom is -0.508 e. The molecule has 1 saturated heterocycles. The van der Waals surface area contributed by atoms with Crippen molar-refractivity contribution in [3.05, 3.63) is 84.2 Å². The Kier molecular flexibility index (Phi) is 12.9. The van der Waals surface area contributed by atoms with E-state index in [1.165, 1.54) is 9.91 Å². The lowest BCUT2D eigenvalue weighted by Gasteiger charge is -2.37. The average molecular weight is 862 g/mol. The van der Waals surface area contributed by atoms with Gasteiger partial charge in [-0.15, -0.1) is 6.58 Å². The number of ether oxygens (including phenoxy) is 2. The quantitative estimate of drug-likeness (QED) is 0.112. The number of amides is 3. The molecule has 1 aliphatic carbocycles. The first-order chi connectivity index (χ1) is 29.9. The molecule has 2 aromatic carbocycles. The second kappa shape index (κ2) is 17.9. The number of likely N-dealkylation sites (N-methyl/N-ethyl adjacent to an activating group) is 1. The van der Waals surface area contributed by atoms with Crippen LogP contribution in [0.15, 0.2) is 67.4 Å². The van der Waals surface area contributed by atoms with Gasteiger partial charge in [-0.2, -0.15) is 0 Å². The van der Waals surface area contributed by atoms with Crippen molar-refractivity contribution in [1.82, 2.24) is 30.2 Å². The Morgan fingerprint density at radius 1 is 1.16 bits per heavy atom. The number of fused-ring (bicyclic) bond motifs is 6. The number of nitrogens with one attached hydrogen (secondary N) is 2. The predicted octanol–water partition coefficient (Wildman–Crippen LogP) is 5.84. The van der Waals surface area contributed by atoms with Gasteiger partial charge in [0.15, 0.2) is 0 Å². The van der Waals surface area contributed by atoms with E-state index in [0.29, 0.717) is 37.8 Å². The molecule has 14 nitrogen and oxygen atoms in total. The molecule has 0 radical (unpaired) electrons. The van der Waals surface area contributed by atoms with Crippen molar-refractivity contribution in [1.29, 1.82) is 0 Å². The number of benzene rings is 2. The normalized spacial score (nSPS) is 23.4. The number of hydrogen-bond donors (Lipinski definition) is 4. The van der Waals surface area contributed by atoms with E-state index < -0.39 is 46.9 Å². The minimum absolute atomic E-state index is 0.000614. The number of nitrogens with zero attached hydrogens (tertiary/aromatic N) is 4. The van der Waals surface area contributed by atoms with Crippen LogP contribution in [0.25, 0.3) is 33.3 Å². The summed E-state index contributed by atoms with van der Waals surface area (Å²) in [5, 5.41) is 16.7. The third-order valence-electron chi connectivity index (χ3n) is 13.1. The van der Waals surface area contributed by atoms with E-state index in [1.54, 1.807) is 38.6 Å². The number of esters is 1. The fraction of sp³-hybridized carbons (Fsp3) is 0.490. The molecule has 14 heteroatoms. The van der Waals surface area contributed by atoms with Crippen molar-refractivity contribution in [3.63, 3.8) is 0 Å². The Hall–Kier alpha value is -5.57. The summed E-state index contributed by atoms with van der Waals surface area (Å²) in [7, 11) is 3.23. The highest BCUT2D eigenvalue weighted by atomic mass is 16.5. The Labute approximate surface area is 370 Å². The van der Waals surface area contributed by atoms with Gasteiger partial charge in [0.05, 0.1) is 24.1 Å². The first-order valence-electron chi connectivity index (χ1n) is 22.1. The van der Waals surface area contributed by atoms with Gasteiger partial charge in [0.1, 0.15) is 29.4 Å². The zero-order chi connectivity index (χ0) is 45.5. The monoisotopic (exact) mass is 861 g/mol. The van der Waals surface area contributed by atoms with Crippen molar-refractivity contribution in [2.75, 3.05) is 27.3 Å². The van der Waals surface area contributed by atoms with E-state index in [4.69, 9.17) is 20.2 Å². The maximum absolute atomic E-state index is 14.6. The minimum atomic E-state index is -1.15. The Morgan fingerprint density at radius 3 is 2.60 bits per heavy atom. The van der Waals surface area contributed by atoms with E-state index in [-0.39, 0.29) is 49.2 Å². The van der Waals surface area contributed by atoms with Crippen LogP contribution in [0, 0.1) is 17.3 Å². The number of phenolic OH excluding ortho intramolecular Hbond substituents is 1. The summed E-state index contributed by atoms with van der Waals surface area (Å²) in [5.41, 5.74) is 14.9. The van der Waals surface area contributed by atoms with Crippen LogP contribution in [0.1, 0.15) is 83.7 Å². The van der Waals surface area contributed by atoms with Gasteiger partial charge in [0.25, 0.3) is 5.91 Å². The van der Waals surface area contributed by atoms with Gasteiger partial charge in [-0.1, -0.05) is 45.9 Å². The van der Waals surface area contributed by atoms with Crippen molar-refractivity contribution in [2.24, 2.45) is 23.0 Å². The van der Waals surface area contributed by atoms with Crippen LogP contribution < -0.4 is 16.5 Å². The number of aryl methyl sites for hydroxylation is 1. The highest BCUT2D eigenvalue weighted by Crippen LogP contribution is 2.44. The molecule has 0 unspecified atom stereocenters. The molecule has 0 spiro atoms. The van der Waals surface area contributed by atoms with Crippen LogP contribution in [0.2, 0.25) is 0 Å². The van der Waals surface area contributed by atoms with Crippen LogP contribution in [-0.4, -0.2) is 99.2 Å². The molecule has 6 bridgehead atoms. The zero-order valence-corrected chi connectivity index (χ0v) is 37.9. The van der Waals surface area contributed by atoms with E-state index >= 15 is 0 Å². The summed E-state index contributed by atoms with van der Waals surface area (Å²) >= 11 is 0. The van der Waals surface area contributed by atoms with Gasteiger partial charge in [-0.3, -0.25) is 29.2 Å². The number of aromatic nitrogens is 2. The molecule has 336 valence electrons. The fourth-order valence-electron chi connectivity index (χ4n) is 9.55. The number of cyclic esters (lactones) is 1. The molecule has 2 aliphatic heterocycles. The molecule has 1 saturated carbocycles.